The van der Waals surface area contributed by atoms with Gasteiger partial charge in [-0.3, -0.25) is 4.99 Å². The monoisotopic (exact) mass is 478 g/mol. The first-order chi connectivity index (χ1) is 10.5. The van der Waals surface area contributed by atoms with Gasteiger partial charge in [-0.1, -0.05) is 0 Å². The van der Waals surface area contributed by atoms with Crippen LogP contribution in [0.2, 0.25) is 0 Å². The molecule has 0 amide bonds. The average Bonchev–Trinajstić information content (AvgIpc) is 2.53. The fraction of sp³-hybridized carbons (Fsp3) is 0.923. The van der Waals surface area contributed by atoms with Gasteiger partial charge in [-0.05, 0) is 12.8 Å². The molecule has 0 spiro atoms. The van der Waals surface area contributed by atoms with E-state index in [2.05, 4.69) is 15.2 Å². The molecule has 0 radical (unpaired) electrons. The molecule has 2 aliphatic rings. The number of halogens is 1. The highest BCUT2D eigenvalue weighted by atomic mass is 127. The largest absolute Gasteiger partial charge is 0.393 e. The lowest BCUT2D eigenvalue weighted by molar-refractivity contribution is 0.108. The summed E-state index contributed by atoms with van der Waals surface area (Å²) in [6.07, 6.45) is 1.22. The molecule has 23 heavy (non-hydrogen) atoms. The first-order valence-corrected chi connectivity index (χ1v) is 10.5. The number of piperidine rings is 1. The van der Waals surface area contributed by atoms with Gasteiger partial charge in [0, 0.05) is 51.3 Å². The maximum atomic E-state index is 12.3. The zero-order chi connectivity index (χ0) is 16.0. The number of aliphatic hydroxyl groups excluding tert-OH is 1. The Labute approximate surface area is 160 Å². The van der Waals surface area contributed by atoms with Crippen LogP contribution >= 0.6 is 35.7 Å². The van der Waals surface area contributed by atoms with E-state index < -0.39 is 10.0 Å². The van der Waals surface area contributed by atoms with Crippen molar-refractivity contribution in [3.8, 4) is 0 Å². The van der Waals surface area contributed by atoms with Crippen LogP contribution in [0.3, 0.4) is 0 Å². The molecule has 2 N–H and O–H groups in total. The number of rotatable bonds is 4. The number of guanidine groups is 1. The molecule has 0 aromatic heterocycles. The van der Waals surface area contributed by atoms with Crippen LogP contribution in [0, 0.1) is 0 Å². The van der Waals surface area contributed by atoms with Crippen LogP contribution in [0.25, 0.3) is 0 Å². The minimum atomic E-state index is -3.18. The normalized spacial score (nSPS) is 21.8. The Morgan fingerprint density at radius 2 is 1.87 bits per heavy atom. The van der Waals surface area contributed by atoms with Crippen molar-refractivity contribution in [2.45, 2.75) is 18.9 Å². The molecule has 2 saturated heterocycles. The van der Waals surface area contributed by atoms with Crippen molar-refractivity contribution < 1.29 is 13.5 Å². The molecule has 0 bridgehead atoms. The van der Waals surface area contributed by atoms with E-state index in [-0.39, 0.29) is 35.8 Å². The van der Waals surface area contributed by atoms with Crippen LogP contribution in [0.5, 0.6) is 0 Å². The van der Waals surface area contributed by atoms with Crippen LogP contribution in [0.1, 0.15) is 12.8 Å². The third-order valence-corrected chi connectivity index (χ3v) is 6.80. The van der Waals surface area contributed by atoms with Crippen LogP contribution in [0.4, 0.5) is 0 Å². The van der Waals surface area contributed by atoms with Crippen molar-refractivity contribution in [3.05, 3.63) is 0 Å². The van der Waals surface area contributed by atoms with Crippen molar-refractivity contribution in [1.29, 1.82) is 0 Å². The predicted octanol–water partition coefficient (Wildman–Crippen LogP) is 0.0151. The van der Waals surface area contributed by atoms with Gasteiger partial charge in [0.15, 0.2) is 5.96 Å². The second-order valence-electron chi connectivity index (χ2n) is 5.52. The highest BCUT2D eigenvalue weighted by Gasteiger charge is 2.24. The SMILES string of the molecule is CN=C(NCCS(=O)(=O)N1CCSCC1)N1CCC(O)CC1.I. The van der Waals surface area contributed by atoms with Crippen molar-refractivity contribution >= 4 is 51.7 Å². The number of nitrogens with one attached hydrogen (secondary N) is 1. The van der Waals surface area contributed by atoms with Crippen molar-refractivity contribution in [2.24, 2.45) is 4.99 Å². The molecule has 2 aliphatic heterocycles. The first kappa shape index (κ1) is 21.3. The standard InChI is InChI=1S/C13H26N4O3S2.HI/c1-14-13(16-5-2-12(18)3-6-16)15-4-11-22(19,20)17-7-9-21-10-8-17;/h12,18H,2-11H2,1H3,(H,14,15);1H. The van der Waals surface area contributed by atoms with E-state index in [4.69, 9.17) is 0 Å². The van der Waals surface area contributed by atoms with Crippen LogP contribution in [0.15, 0.2) is 4.99 Å². The number of nitrogens with zero attached hydrogens (tertiary/aromatic N) is 3. The van der Waals surface area contributed by atoms with Gasteiger partial charge in [0.1, 0.15) is 0 Å². The van der Waals surface area contributed by atoms with E-state index >= 15 is 0 Å². The quantitative estimate of drug-likeness (QED) is 0.337. The number of sulfonamides is 1. The first-order valence-electron chi connectivity index (χ1n) is 7.72. The molecule has 2 rings (SSSR count). The van der Waals surface area contributed by atoms with Gasteiger partial charge in [0.05, 0.1) is 11.9 Å². The van der Waals surface area contributed by atoms with Crippen molar-refractivity contribution in [2.75, 3.05) is 57.0 Å². The molecular weight excluding hydrogens is 451 g/mol. The highest BCUT2D eigenvalue weighted by molar-refractivity contribution is 14.0. The fourth-order valence-corrected chi connectivity index (χ4v) is 5.15. The second-order valence-corrected chi connectivity index (χ2v) is 8.83. The Morgan fingerprint density at radius 3 is 2.43 bits per heavy atom. The van der Waals surface area contributed by atoms with Gasteiger partial charge >= 0.3 is 0 Å². The lowest BCUT2D eigenvalue weighted by Gasteiger charge is -2.32. The minimum Gasteiger partial charge on any atom is -0.393 e. The third kappa shape index (κ3) is 6.56. The number of aliphatic hydroxyl groups is 1. The smallest absolute Gasteiger partial charge is 0.215 e. The van der Waals surface area contributed by atoms with E-state index in [9.17, 15) is 13.5 Å². The van der Waals surface area contributed by atoms with Crippen molar-refractivity contribution in [3.63, 3.8) is 0 Å². The summed E-state index contributed by atoms with van der Waals surface area (Å²) < 4.78 is 26.1. The maximum Gasteiger partial charge on any atom is 0.215 e. The lowest BCUT2D eigenvalue weighted by atomic mass is 10.1. The zero-order valence-corrected chi connectivity index (χ0v) is 17.4. The van der Waals surface area contributed by atoms with Crippen LogP contribution < -0.4 is 5.32 Å². The topological polar surface area (TPSA) is 85.2 Å². The fourth-order valence-electron chi connectivity index (χ4n) is 2.66. The van der Waals surface area contributed by atoms with Gasteiger partial charge in [-0.25, -0.2) is 12.7 Å². The summed E-state index contributed by atoms with van der Waals surface area (Å²) in [4.78, 5) is 6.27. The molecule has 10 heteroatoms. The Hall–Kier alpha value is 0.220. The summed E-state index contributed by atoms with van der Waals surface area (Å²) in [5.74, 6) is 2.57. The summed E-state index contributed by atoms with van der Waals surface area (Å²) >= 11 is 1.80. The van der Waals surface area contributed by atoms with E-state index in [1.807, 2.05) is 0 Å². The molecule has 0 aromatic rings. The molecule has 0 saturated carbocycles. The van der Waals surface area contributed by atoms with Crippen LogP contribution in [-0.2, 0) is 10.0 Å². The molecule has 7 nitrogen and oxygen atoms in total. The zero-order valence-electron chi connectivity index (χ0n) is 13.5. The predicted molar refractivity (Wildman–Crippen MR) is 106 cm³/mol. The Bertz CT molecular complexity index is 476. The molecule has 0 unspecified atom stereocenters. The number of thioether (sulfide) groups is 1. The van der Waals surface area contributed by atoms with Gasteiger partial charge in [0.25, 0.3) is 0 Å². The van der Waals surface area contributed by atoms with E-state index in [0.29, 0.717) is 19.6 Å². The summed E-state index contributed by atoms with van der Waals surface area (Å²) in [5, 5.41) is 12.7. The highest BCUT2D eigenvalue weighted by Crippen LogP contribution is 2.13. The second kappa shape index (κ2) is 10.3. The number of hydrogen-bond donors (Lipinski definition) is 2. The average molecular weight is 478 g/mol. The Morgan fingerprint density at radius 1 is 1.26 bits per heavy atom. The molecule has 2 heterocycles. The summed E-state index contributed by atoms with van der Waals surface area (Å²) in [7, 11) is -1.48. The number of likely N-dealkylation sites (tertiary alicyclic amines) is 1. The molecule has 0 aromatic carbocycles. The van der Waals surface area contributed by atoms with Gasteiger partial charge in [0.2, 0.25) is 10.0 Å². The van der Waals surface area contributed by atoms with Gasteiger partial charge in [-0.2, -0.15) is 11.8 Å². The molecule has 0 atom stereocenters. The van der Waals surface area contributed by atoms with E-state index in [1.165, 1.54) is 0 Å². The maximum absolute atomic E-state index is 12.3. The van der Waals surface area contributed by atoms with Gasteiger partial charge < -0.3 is 15.3 Å². The molecule has 0 aliphatic carbocycles. The Kier molecular flexibility index (Phi) is 9.49. The molecule has 136 valence electrons. The number of aliphatic imine (C=N–C) groups is 1. The van der Waals surface area contributed by atoms with Gasteiger partial charge in [-0.15, -0.1) is 24.0 Å². The third-order valence-electron chi connectivity index (χ3n) is 3.98. The molecule has 2 fully saturated rings. The lowest BCUT2D eigenvalue weighted by Crippen LogP contribution is -2.48. The summed E-state index contributed by atoms with van der Waals surface area (Å²) in [6, 6.07) is 0. The van der Waals surface area contributed by atoms with E-state index in [0.717, 1.165) is 43.4 Å². The Balaban J connectivity index is 0.00000264. The van der Waals surface area contributed by atoms with Crippen molar-refractivity contribution in [1.82, 2.24) is 14.5 Å². The molecular formula is C13H27IN4O3S2. The number of hydrogen-bond acceptors (Lipinski definition) is 5. The summed E-state index contributed by atoms with van der Waals surface area (Å²) in [6.45, 7) is 3.09. The minimum absolute atomic E-state index is 0. The van der Waals surface area contributed by atoms with Crippen LogP contribution in [-0.4, -0.2) is 91.8 Å². The van der Waals surface area contributed by atoms with E-state index in [1.54, 1.807) is 23.1 Å². The summed E-state index contributed by atoms with van der Waals surface area (Å²) in [5.41, 5.74) is 0.